The Bertz CT molecular complexity index is 567. The van der Waals surface area contributed by atoms with E-state index in [2.05, 4.69) is 30.3 Å². The average molecular weight is 266 g/mol. The second kappa shape index (κ2) is 5.41. The van der Waals surface area contributed by atoms with Crippen molar-refractivity contribution in [3.05, 3.63) is 71.3 Å². The van der Waals surface area contributed by atoms with Gasteiger partial charge in [-0.05, 0) is 42.4 Å². The fourth-order valence-corrected chi connectivity index (χ4v) is 2.96. The van der Waals surface area contributed by atoms with Crippen molar-refractivity contribution in [1.29, 1.82) is 0 Å². The number of benzene rings is 2. The van der Waals surface area contributed by atoms with Crippen molar-refractivity contribution in [2.75, 3.05) is 0 Å². The molecule has 1 atom stereocenters. The van der Waals surface area contributed by atoms with E-state index in [4.69, 9.17) is 0 Å². The monoisotopic (exact) mass is 266 g/mol. The van der Waals surface area contributed by atoms with Crippen LogP contribution in [-0.4, -0.2) is 5.11 Å². The lowest BCUT2D eigenvalue weighted by Crippen LogP contribution is -2.24. The Hall–Kier alpha value is -1.60. The summed E-state index contributed by atoms with van der Waals surface area (Å²) in [7, 11) is 0. The highest BCUT2D eigenvalue weighted by atomic mass is 16.3. The van der Waals surface area contributed by atoms with Crippen LogP contribution in [0.1, 0.15) is 48.8 Å². The molecule has 0 aromatic heterocycles. The van der Waals surface area contributed by atoms with E-state index in [1.54, 1.807) is 0 Å². The first-order valence-electron chi connectivity index (χ1n) is 7.52. The van der Waals surface area contributed by atoms with Gasteiger partial charge in [0.1, 0.15) is 0 Å². The van der Waals surface area contributed by atoms with E-state index in [9.17, 15) is 5.11 Å². The predicted octanol–water partition coefficient (Wildman–Crippen LogP) is 4.40. The third-order valence-corrected chi connectivity index (χ3v) is 4.48. The number of aliphatic hydroxyl groups is 1. The van der Waals surface area contributed by atoms with E-state index < -0.39 is 5.60 Å². The molecule has 0 amide bonds. The van der Waals surface area contributed by atoms with Crippen LogP contribution in [0.2, 0.25) is 0 Å². The third kappa shape index (κ3) is 2.78. The van der Waals surface area contributed by atoms with Gasteiger partial charge in [0, 0.05) is 6.42 Å². The highest BCUT2D eigenvalue weighted by Gasteiger charge is 2.26. The summed E-state index contributed by atoms with van der Waals surface area (Å²) in [4.78, 5) is 0. The summed E-state index contributed by atoms with van der Waals surface area (Å²) in [5, 5.41) is 10.8. The Morgan fingerprint density at radius 1 is 1.05 bits per heavy atom. The van der Waals surface area contributed by atoms with Gasteiger partial charge >= 0.3 is 0 Å². The van der Waals surface area contributed by atoms with Crippen LogP contribution in [-0.2, 0) is 12.0 Å². The number of hydrogen-bond donors (Lipinski definition) is 1. The summed E-state index contributed by atoms with van der Waals surface area (Å²) in [6, 6.07) is 18.7. The summed E-state index contributed by atoms with van der Waals surface area (Å²) in [5.74, 6) is 0.711. The van der Waals surface area contributed by atoms with Gasteiger partial charge in [-0.25, -0.2) is 0 Å². The minimum Gasteiger partial charge on any atom is -0.385 e. The highest BCUT2D eigenvalue weighted by molar-refractivity contribution is 5.32. The normalized spacial score (nSPS) is 18.3. The summed E-state index contributed by atoms with van der Waals surface area (Å²) in [5.41, 5.74) is 2.79. The molecule has 1 nitrogen and oxygen atoms in total. The molecule has 20 heavy (non-hydrogen) atoms. The van der Waals surface area contributed by atoms with Crippen molar-refractivity contribution in [1.82, 2.24) is 0 Å². The molecule has 1 fully saturated rings. The minimum absolute atomic E-state index is 0.655. The highest BCUT2D eigenvalue weighted by Crippen LogP contribution is 2.37. The van der Waals surface area contributed by atoms with Gasteiger partial charge in [0.15, 0.2) is 0 Å². The lowest BCUT2D eigenvalue weighted by atomic mass is 9.78. The molecule has 1 aliphatic carbocycles. The molecule has 1 N–H and O–H groups in total. The maximum atomic E-state index is 10.8. The molecule has 2 aromatic carbocycles. The second-order valence-electron chi connectivity index (χ2n) is 6.19. The van der Waals surface area contributed by atoms with Gasteiger partial charge in [-0.1, -0.05) is 61.0 Å². The fraction of sp³-hybridized carbons (Fsp3) is 0.368. The summed E-state index contributed by atoms with van der Waals surface area (Å²) in [6.45, 7) is 1.92. The molecule has 0 saturated heterocycles. The zero-order chi connectivity index (χ0) is 14.0. The van der Waals surface area contributed by atoms with Crippen LogP contribution in [0.5, 0.6) is 0 Å². The van der Waals surface area contributed by atoms with Gasteiger partial charge in [0.2, 0.25) is 0 Å². The Balaban J connectivity index is 1.83. The molecule has 1 heteroatoms. The van der Waals surface area contributed by atoms with Crippen LogP contribution in [0, 0.1) is 0 Å². The lowest BCUT2D eigenvalue weighted by molar-refractivity contribution is 0.0575. The van der Waals surface area contributed by atoms with Crippen molar-refractivity contribution in [2.24, 2.45) is 0 Å². The average Bonchev–Trinajstić information content (AvgIpc) is 2.38. The predicted molar refractivity (Wildman–Crippen MR) is 82.8 cm³/mol. The zero-order valence-corrected chi connectivity index (χ0v) is 12.0. The number of hydrogen-bond acceptors (Lipinski definition) is 1. The SMILES string of the molecule is CC(O)(Cc1ccccc1)c1cccc(C2CCC2)c1. The van der Waals surface area contributed by atoms with E-state index in [-0.39, 0.29) is 0 Å². The lowest BCUT2D eigenvalue weighted by Gasteiger charge is -2.29. The van der Waals surface area contributed by atoms with Gasteiger partial charge in [-0.15, -0.1) is 0 Å². The van der Waals surface area contributed by atoms with Crippen LogP contribution in [0.4, 0.5) is 0 Å². The van der Waals surface area contributed by atoms with Gasteiger partial charge < -0.3 is 5.11 Å². The van der Waals surface area contributed by atoms with Crippen molar-refractivity contribution >= 4 is 0 Å². The number of rotatable bonds is 4. The van der Waals surface area contributed by atoms with E-state index in [0.717, 1.165) is 5.56 Å². The first kappa shape index (κ1) is 13.4. The van der Waals surface area contributed by atoms with Crippen LogP contribution in [0.25, 0.3) is 0 Å². The van der Waals surface area contributed by atoms with Crippen LogP contribution in [0.15, 0.2) is 54.6 Å². The van der Waals surface area contributed by atoms with Crippen LogP contribution in [0.3, 0.4) is 0 Å². The van der Waals surface area contributed by atoms with E-state index >= 15 is 0 Å². The Morgan fingerprint density at radius 3 is 2.45 bits per heavy atom. The minimum atomic E-state index is -0.804. The Kier molecular flexibility index (Phi) is 3.62. The topological polar surface area (TPSA) is 20.2 Å². The fourth-order valence-electron chi connectivity index (χ4n) is 2.96. The Morgan fingerprint density at radius 2 is 1.80 bits per heavy atom. The molecule has 3 rings (SSSR count). The standard InChI is InChI=1S/C19H22O/c1-19(20,14-15-7-3-2-4-8-15)18-12-6-11-17(13-18)16-9-5-10-16/h2-4,6-8,11-13,16,20H,5,9-10,14H2,1H3. The smallest absolute Gasteiger partial charge is 0.0908 e. The molecular formula is C19H22O. The van der Waals surface area contributed by atoms with Gasteiger partial charge in [0.05, 0.1) is 5.60 Å². The van der Waals surface area contributed by atoms with Crippen molar-refractivity contribution in [3.63, 3.8) is 0 Å². The quantitative estimate of drug-likeness (QED) is 0.869. The largest absolute Gasteiger partial charge is 0.385 e. The molecule has 2 aromatic rings. The van der Waals surface area contributed by atoms with E-state index in [0.29, 0.717) is 12.3 Å². The van der Waals surface area contributed by atoms with Crippen molar-refractivity contribution in [3.8, 4) is 0 Å². The second-order valence-corrected chi connectivity index (χ2v) is 6.19. The van der Waals surface area contributed by atoms with Gasteiger partial charge in [0.25, 0.3) is 0 Å². The van der Waals surface area contributed by atoms with Gasteiger partial charge in [-0.2, -0.15) is 0 Å². The zero-order valence-electron chi connectivity index (χ0n) is 12.0. The molecule has 0 radical (unpaired) electrons. The molecule has 1 saturated carbocycles. The maximum Gasteiger partial charge on any atom is 0.0908 e. The molecule has 0 spiro atoms. The third-order valence-electron chi connectivity index (χ3n) is 4.48. The van der Waals surface area contributed by atoms with Crippen LogP contribution < -0.4 is 0 Å². The first-order chi connectivity index (χ1) is 9.65. The molecule has 0 bridgehead atoms. The van der Waals surface area contributed by atoms with Crippen LogP contribution >= 0.6 is 0 Å². The summed E-state index contributed by atoms with van der Waals surface area (Å²) in [6.07, 6.45) is 4.59. The van der Waals surface area contributed by atoms with Gasteiger partial charge in [-0.3, -0.25) is 0 Å². The first-order valence-corrected chi connectivity index (χ1v) is 7.52. The maximum absolute atomic E-state index is 10.8. The van der Waals surface area contributed by atoms with E-state index in [1.165, 1.54) is 30.4 Å². The molecule has 0 aliphatic heterocycles. The molecule has 104 valence electrons. The van der Waals surface area contributed by atoms with Crippen molar-refractivity contribution in [2.45, 2.75) is 44.1 Å². The summed E-state index contributed by atoms with van der Waals surface area (Å²) < 4.78 is 0. The molecular weight excluding hydrogens is 244 g/mol. The molecule has 0 heterocycles. The van der Waals surface area contributed by atoms with Crippen molar-refractivity contribution < 1.29 is 5.11 Å². The molecule has 1 unspecified atom stereocenters. The molecule has 1 aliphatic rings. The summed E-state index contributed by atoms with van der Waals surface area (Å²) >= 11 is 0. The van der Waals surface area contributed by atoms with E-state index in [1.807, 2.05) is 31.2 Å². The Labute approximate surface area is 121 Å².